The van der Waals surface area contributed by atoms with Gasteiger partial charge in [-0.25, -0.2) is 14.8 Å². The predicted molar refractivity (Wildman–Crippen MR) is 107 cm³/mol. The number of pyridine rings is 1. The summed E-state index contributed by atoms with van der Waals surface area (Å²) in [5.74, 6) is -0.0561. The molecule has 2 atom stereocenters. The van der Waals surface area contributed by atoms with Crippen LogP contribution in [-0.2, 0) is 9.53 Å². The topological polar surface area (TPSA) is 80.5 Å². The lowest BCUT2D eigenvalue weighted by molar-refractivity contribution is -0.151. The van der Waals surface area contributed by atoms with Gasteiger partial charge in [0.2, 0.25) is 0 Å². The lowest BCUT2D eigenvalue weighted by Gasteiger charge is -2.29. The number of halogens is 2. The lowest BCUT2D eigenvalue weighted by atomic mass is 10.1. The van der Waals surface area contributed by atoms with E-state index in [0.29, 0.717) is 34.3 Å². The SMILES string of the molecule is COC(=O)C(O)[C@@H]1CCCN1c1cc(-n2ccnc2)c2ccc(Cl)c(Cl)c2n1. The highest BCUT2D eigenvalue weighted by Gasteiger charge is 2.36. The van der Waals surface area contributed by atoms with Crippen LogP contribution >= 0.6 is 23.2 Å². The van der Waals surface area contributed by atoms with Crippen LogP contribution in [0, 0.1) is 0 Å². The third kappa shape index (κ3) is 3.19. The zero-order chi connectivity index (χ0) is 19.8. The van der Waals surface area contributed by atoms with E-state index in [1.807, 2.05) is 27.8 Å². The second kappa shape index (κ2) is 7.58. The Hall–Kier alpha value is -2.35. The van der Waals surface area contributed by atoms with Crippen LogP contribution in [0.1, 0.15) is 12.8 Å². The van der Waals surface area contributed by atoms with E-state index in [4.69, 9.17) is 32.9 Å². The van der Waals surface area contributed by atoms with E-state index >= 15 is 0 Å². The Balaban J connectivity index is 1.88. The normalized spacial score (nSPS) is 17.9. The van der Waals surface area contributed by atoms with Gasteiger partial charge in [0.1, 0.15) is 5.82 Å². The fourth-order valence-electron chi connectivity index (χ4n) is 3.65. The van der Waals surface area contributed by atoms with Crippen molar-refractivity contribution in [2.24, 2.45) is 0 Å². The van der Waals surface area contributed by atoms with Crippen molar-refractivity contribution in [2.75, 3.05) is 18.6 Å². The number of benzene rings is 1. The van der Waals surface area contributed by atoms with Crippen molar-refractivity contribution >= 4 is 45.9 Å². The first kappa shape index (κ1) is 19.0. The summed E-state index contributed by atoms with van der Waals surface area (Å²) in [4.78, 5) is 22.6. The van der Waals surface area contributed by atoms with E-state index in [-0.39, 0.29) is 0 Å². The molecule has 1 aromatic carbocycles. The second-order valence-electron chi connectivity index (χ2n) is 6.60. The van der Waals surface area contributed by atoms with Gasteiger partial charge >= 0.3 is 5.97 Å². The van der Waals surface area contributed by atoms with Crippen molar-refractivity contribution in [3.63, 3.8) is 0 Å². The quantitative estimate of drug-likeness (QED) is 0.652. The molecule has 1 aliphatic rings. The van der Waals surface area contributed by atoms with Gasteiger partial charge in [-0.2, -0.15) is 0 Å². The summed E-state index contributed by atoms with van der Waals surface area (Å²) in [5, 5.41) is 12.0. The summed E-state index contributed by atoms with van der Waals surface area (Å²) < 4.78 is 6.57. The fourth-order valence-corrected chi connectivity index (χ4v) is 4.01. The molecule has 1 N–H and O–H groups in total. The Kier molecular flexibility index (Phi) is 5.14. The number of ether oxygens (including phenoxy) is 1. The minimum Gasteiger partial charge on any atom is -0.467 e. The maximum atomic E-state index is 11.9. The van der Waals surface area contributed by atoms with Crippen LogP contribution in [0.3, 0.4) is 0 Å². The van der Waals surface area contributed by atoms with Gasteiger partial charge in [0.25, 0.3) is 0 Å². The average molecular weight is 421 g/mol. The third-order valence-corrected chi connectivity index (χ3v) is 5.81. The van der Waals surface area contributed by atoms with Crippen LogP contribution in [0.4, 0.5) is 5.82 Å². The van der Waals surface area contributed by atoms with Crippen LogP contribution in [0.15, 0.2) is 36.9 Å². The molecule has 0 amide bonds. The molecule has 0 aliphatic carbocycles. The molecule has 28 heavy (non-hydrogen) atoms. The molecule has 9 heteroatoms. The molecule has 1 saturated heterocycles. The van der Waals surface area contributed by atoms with E-state index in [1.165, 1.54) is 7.11 Å². The van der Waals surface area contributed by atoms with Crippen LogP contribution in [-0.4, -0.2) is 51.4 Å². The standard InChI is InChI=1S/C19H18Cl2N4O3/c1-28-19(27)18(26)13-3-2-7-25(13)15-9-14(24-8-6-22-10-24)11-4-5-12(20)16(21)17(11)23-15/h4-6,8-10,13,18,26H,2-3,7H2,1H3/t13-,18?/m0/s1. The lowest BCUT2D eigenvalue weighted by Crippen LogP contribution is -2.44. The maximum absolute atomic E-state index is 11.9. The molecular weight excluding hydrogens is 403 g/mol. The Labute approximate surface area is 171 Å². The number of esters is 1. The molecule has 2 aromatic heterocycles. The number of aromatic nitrogens is 3. The molecule has 0 radical (unpaired) electrons. The number of methoxy groups -OCH3 is 1. The van der Waals surface area contributed by atoms with Crippen LogP contribution in [0.2, 0.25) is 10.0 Å². The summed E-state index contributed by atoms with van der Waals surface area (Å²) in [6.45, 7) is 0.652. The number of rotatable bonds is 4. The number of imidazole rings is 1. The Morgan fingerprint density at radius 3 is 2.93 bits per heavy atom. The molecule has 0 spiro atoms. The van der Waals surface area contributed by atoms with Crippen molar-refractivity contribution in [3.8, 4) is 5.69 Å². The fraction of sp³-hybridized carbons (Fsp3) is 0.316. The Morgan fingerprint density at radius 1 is 1.39 bits per heavy atom. The number of carbonyl (C=O) groups excluding carboxylic acids is 1. The summed E-state index contributed by atoms with van der Waals surface area (Å²) in [6, 6.07) is 5.07. The molecule has 4 rings (SSSR count). The number of hydrogen-bond acceptors (Lipinski definition) is 6. The minimum atomic E-state index is -1.25. The Bertz CT molecular complexity index is 1030. The molecule has 1 fully saturated rings. The zero-order valence-electron chi connectivity index (χ0n) is 15.0. The van der Waals surface area contributed by atoms with E-state index in [2.05, 4.69) is 4.98 Å². The first-order chi connectivity index (χ1) is 13.5. The number of anilines is 1. The average Bonchev–Trinajstić information content (AvgIpc) is 3.41. The summed E-state index contributed by atoms with van der Waals surface area (Å²) >= 11 is 12.7. The smallest absolute Gasteiger partial charge is 0.336 e. The van der Waals surface area contributed by atoms with Crippen molar-refractivity contribution in [1.29, 1.82) is 0 Å². The number of hydrogen-bond donors (Lipinski definition) is 1. The maximum Gasteiger partial charge on any atom is 0.336 e. The van der Waals surface area contributed by atoms with Crippen LogP contribution < -0.4 is 4.90 Å². The number of aliphatic hydroxyl groups excluding tert-OH is 1. The van der Waals surface area contributed by atoms with Gasteiger partial charge in [-0.15, -0.1) is 0 Å². The van der Waals surface area contributed by atoms with Crippen molar-refractivity contribution in [1.82, 2.24) is 14.5 Å². The van der Waals surface area contributed by atoms with E-state index in [1.54, 1.807) is 18.6 Å². The predicted octanol–water partition coefficient (Wildman–Crippen LogP) is 3.23. The highest BCUT2D eigenvalue weighted by Crippen LogP contribution is 2.36. The van der Waals surface area contributed by atoms with Gasteiger partial charge in [-0.1, -0.05) is 23.2 Å². The summed E-state index contributed by atoms with van der Waals surface area (Å²) in [5.41, 5.74) is 1.38. The van der Waals surface area contributed by atoms with E-state index < -0.39 is 18.1 Å². The first-order valence-electron chi connectivity index (χ1n) is 8.81. The Morgan fingerprint density at radius 2 is 2.21 bits per heavy atom. The van der Waals surface area contributed by atoms with Crippen molar-refractivity contribution in [2.45, 2.75) is 25.0 Å². The highest BCUT2D eigenvalue weighted by atomic mass is 35.5. The van der Waals surface area contributed by atoms with Gasteiger partial charge < -0.3 is 19.3 Å². The number of fused-ring (bicyclic) bond motifs is 1. The van der Waals surface area contributed by atoms with Gasteiger partial charge in [-0.3, -0.25) is 0 Å². The molecule has 1 aliphatic heterocycles. The van der Waals surface area contributed by atoms with Crippen molar-refractivity contribution < 1.29 is 14.6 Å². The van der Waals surface area contributed by atoms with Crippen LogP contribution in [0.25, 0.3) is 16.6 Å². The molecule has 3 aromatic rings. The minimum absolute atomic E-state index is 0.353. The zero-order valence-corrected chi connectivity index (χ0v) is 16.6. The van der Waals surface area contributed by atoms with Gasteiger partial charge in [0.05, 0.1) is 40.7 Å². The largest absolute Gasteiger partial charge is 0.467 e. The van der Waals surface area contributed by atoms with Gasteiger partial charge in [-0.05, 0) is 25.0 Å². The monoisotopic (exact) mass is 420 g/mol. The highest BCUT2D eigenvalue weighted by molar-refractivity contribution is 6.45. The molecular formula is C19H18Cl2N4O3. The molecule has 0 bridgehead atoms. The van der Waals surface area contributed by atoms with Gasteiger partial charge in [0.15, 0.2) is 6.10 Å². The molecule has 7 nitrogen and oxygen atoms in total. The third-order valence-electron chi connectivity index (χ3n) is 5.02. The molecule has 1 unspecified atom stereocenters. The molecule has 0 saturated carbocycles. The van der Waals surface area contributed by atoms with E-state index in [0.717, 1.165) is 17.5 Å². The number of nitrogens with zero attached hydrogens (tertiary/aromatic N) is 4. The summed E-state index contributed by atoms with van der Waals surface area (Å²) in [7, 11) is 1.26. The second-order valence-corrected chi connectivity index (χ2v) is 7.38. The first-order valence-corrected chi connectivity index (χ1v) is 9.56. The number of carbonyl (C=O) groups is 1. The summed E-state index contributed by atoms with van der Waals surface area (Å²) in [6.07, 6.45) is 5.42. The molecule has 146 valence electrons. The van der Waals surface area contributed by atoms with Crippen molar-refractivity contribution in [3.05, 3.63) is 47.0 Å². The number of aliphatic hydroxyl groups is 1. The molecule has 3 heterocycles. The van der Waals surface area contributed by atoms with E-state index in [9.17, 15) is 9.90 Å². The van der Waals surface area contributed by atoms with Crippen LogP contribution in [0.5, 0.6) is 0 Å². The van der Waals surface area contributed by atoms with Gasteiger partial charge in [0, 0.05) is 30.4 Å².